The smallest absolute Gasteiger partial charge is 0.244 e. The third-order valence-electron chi connectivity index (χ3n) is 2.65. The molecule has 0 radical (unpaired) electrons. The van der Waals surface area contributed by atoms with Crippen LogP contribution in [0.3, 0.4) is 0 Å². The molecule has 2 amide bonds. The van der Waals surface area contributed by atoms with E-state index in [1.807, 2.05) is 32.0 Å². The van der Waals surface area contributed by atoms with Crippen LogP contribution < -0.4 is 5.32 Å². The molecule has 0 saturated carbocycles. The Kier molecular flexibility index (Phi) is 4.21. The van der Waals surface area contributed by atoms with E-state index in [2.05, 4.69) is 5.32 Å². The van der Waals surface area contributed by atoms with Crippen LogP contribution in [0.5, 0.6) is 0 Å². The van der Waals surface area contributed by atoms with Gasteiger partial charge in [-0.15, -0.1) is 0 Å². The molecule has 0 bridgehead atoms. The summed E-state index contributed by atoms with van der Waals surface area (Å²) in [7, 11) is 0. The highest BCUT2D eigenvalue weighted by atomic mass is 32.2. The maximum atomic E-state index is 11.9. The standard InChI is InChI=1S/C13H14N2O2S2/c1-8-3-9(2)5-10(4-8)14-11(16)6-15-12(17)7-19-13(15)18/h3-5H,6-7H2,1-2H3,(H,14,16). The summed E-state index contributed by atoms with van der Waals surface area (Å²) in [6.45, 7) is 3.93. The number of carbonyl (C=O) groups excluding carboxylic acids is 2. The Morgan fingerprint density at radius 1 is 1.37 bits per heavy atom. The highest BCUT2D eigenvalue weighted by Gasteiger charge is 2.28. The molecule has 1 aliphatic rings. The normalized spacial score (nSPS) is 14.9. The van der Waals surface area contributed by atoms with Gasteiger partial charge in [-0.1, -0.05) is 30.0 Å². The molecule has 1 aromatic carbocycles. The van der Waals surface area contributed by atoms with Crippen molar-refractivity contribution in [1.29, 1.82) is 0 Å². The molecule has 4 nitrogen and oxygen atoms in total. The molecular formula is C13H14N2O2S2. The third kappa shape index (κ3) is 3.54. The number of thiocarbonyl (C=S) groups is 1. The Morgan fingerprint density at radius 3 is 2.53 bits per heavy atom. The van der Waals surface area contributed by atoms with Gasteiger partial charge in [0, 0.05) is 5.69 Å². The predicted molar refractivity (Wildman–Crippen MR) is 81.3 cm³/mol. The van der Waals surface area contributed by atoms with Crippen LogP contribution >= 0.6 is 24.0 Å². The average Bonchev–Trinajstić information content (AvgIpc) is 2.59. The molecule has 0 spiro atoms. The number of anilines is 1. The van der Waals surface area contributed by atoms with Gasteiger partial charge in [-0.05, 0) is 37.1 Å². The Balaban J connectivity index is 2.01. The van der Waals surface area contributed by atoms with Crippen molar-refractivity contribution in [3.63, 3.8) is 0 Å². The number of benzene rings is 1. The third-order valence-corrected chi connectivity index (χ3v) is 4.08. The molecule has 1 fully saturated rings. The first-order chi connectivity index (χ1) is 8.95. The van der Waals surface area contributed by atoms with Gasteiger partial charge < -0.3 is 5.32 Å². The zero-order chi connectivity index (χ0) is 14.0. The van der Waals surface area contributed by atoms with Crippen LogP contribution in [0.2, 0.25) is 0 Å². The lowest BCUT2D eigenvalue weighted by Gasteiger charge is -2.14. The van der Waals surface area contributed by atoms with Gasteiger partial charge >= 0.3 is 0 Å². The van der Waals surface area contributed by atoms with Gasteiger partial charge in [0.15, 0.2) is 0 Å². The fourth-order valence-electron chi connectivity index (χ4n) is 1.92. The zero-order valence-corrected chi connectivity index (χ0v) is 12.4. The van der Waals surface area contributed by atoms with Crippen molar-refractivity contribution >= 4 is 45.8 Å². The molecule has 1 aromatic rings. The number of amides is 2. The minimum atomic E-state index is -0.233. The Bertz CT molecular complexity index is 521. The van der Waals surface area contributed by atoms with Crippen molar-refractivity contribution in [1.82, 2.24) is 4.90 Å². The van der Waals surface area contributed by atoms with E-state index in [9.17, 15) is 9.59 Å². The summed E-state index contributed by atoms with van der Waals surface area (Å²) < 4.78 is 0.473. The first-order valence-electron chi connectivity index (χ1n) is 5.81. The topological polar surface area (TPSA) is 49.4 Å². The molecule has 0 aliphatic carbocycles. The van der Waals surface area contributed by atoms with E-state index in [1.165, 1.54) is 16.7 Å². The summed E-state index contributed by atoms with van der Waals surface area (Å²) in [6.07, 6.45) is 0. The quantitative estimate of drug-likeness (QED) is 0.867. The van der Waals surface area contributed by atoms with Crippen LogP contribution in [0.15, 0.2) is 18.2 Å². The molecular weight excluding hydrogens is 280 g/mol. The van der Waals surface area contributed by atoms with Crippen LogP contribution in [0.25, 0.3) is 0 Å². The molecule has 0 atom stereocenters. The van der Waals surface area contributed by atoms with Gasteiger partial charge in [0.1, 0.15) is 10.9 Å². The monoisotopic (exact) mass is 294 g/mol. The molecule has 1 heterocycles. The molecule has 1 aliphatic heterocycles. The largest absolute Gasteiger partial charge is 0.325 e. The van der Waals surface area contributed by atoms with Gasteiger partial charge in [-0.2, -0.15) is 0 Å². The van der Waals surface area contributed by atoms with Crippen molar-refractivity contribution in [3.05, 3.63) is 29.3 Å². The maximum Gasteiger partial charge on any atom is 0.244 e. The second-order valence-electron chi connectivity index (χ2n) is 4.46. The zero-order valence-electron chi connectivity index (χ0n) is 10.7. The number of rotatable bonds is 3. The fourth-order valence-corrected chi connectivity index (χ4v) is 2.99. The van der Waals surface area contributed by atoms with E-state index >= 15 is 0 Å². The molecule has 0 unspecified atom stereocenters. The number of thioether (sulfide) groups is 1. The Hall–Kier alpha value is -1.40. The summed E-state index contributed by atoms with van der Waals surface area (Å²) in [5.74, 6) is -0.0101. The SMILES string of the molecule is Cc1cc(C)cc(NC(=O)CN2C(=O)CSC2=S)c1. The number of nitrogens with zero attached hydrogens (tertiary/aromatic N) is 1. The van der Waals surface area contributed by atoms with Crippen molar-refractivity contribution in [2.45, 2.75) is 13.8 Å². The van der Waals surface area contributed by atoms with E-state index < -0.39 is 0 Å². The molecule has 6 heteroatoms. The van der Waals surface area contributed by atoms with Crippen LogP contribution in [0.1, 0.15) is 11.1 Å². The lowest BCUT2D eigenvalue weighted by molar-refractivity contribution is -0.127. The number of hydrogen-bond donors (Lipinski definition) is 1. The van der Waals surface area contributed by atoms with Crippen LogP contribution in [-0.4, -0.2) is 33.3 Å². The first-order valence-corrected chi connectivity index (χ1v) is 7.20. The van der Waals surface area contributed by atoms with E-state index in [1.54, 1.807) is 0 Å². The first kappa shape index (κ1) is 14.0. The molecule has 19 heavy (non-hydrogen) atoms. The minimum Gasteiger partial charge on any atom is -0.325 e. The highest BCUT2D eigenvalue weighted by Crippen LogP contribution is 2.19. The molecule has 1 N–H and O–H groups in total. The lowest BCUT2D eigenvalue weighted by Crippen LogP contribution is -2.36. The summed E-state index contributed by atoms with van der Waals surface area (Å²) >= 11 is 6.32. The maximum absolute atomic E-state index is 11.9. The molecule has 2 rings (SSSR count). The Morgan fingerprint density at radius 2 is 2.00 bits per heavy atom. The number of hydrogen-bond acceptors (Lipinski definition) is 4. The van der Waals surface area contributed by atoms with E-state index in [0.29, 0.717) is 10.1 Å². The van der Waals surface area contributed by atoms with Gasteiger partial charge in [0.25, 0.3) is 0 Å². The summed E-state index contributed by atoms with van der Waals surface area (Å²) in [4.78, 5) is 24.8. The second kappa shape index (κ2) is 5.71. The van der Waals surface area contributed by atoms with E-state index in [-0.39, 0.29) is 18.4 Å². The summed E-state index contributed by atoms with van der Waals surface area (Å²) in [5, 5.41) is 2.79. The lowest BCUT2D eigenvalue weighted by atomic mass is 10.1. The van der Waals surface area contributed by atoms with Crippen LogP contribution in [0, 0.1) is 13.8 Å². The van der Waals surface area contributed by atoms with Crippen molar-refractivity contribution < 1.29 is 9.59 Å². The second-order valence-corrected chi connectivity index (χ2v) is 6.07. The van der Waals surface area contributed by atoms with E-state index in [4.69, 9.17) is 12.2 Å². The predicted octanol–water partition coefficient (Wildman–Crippen LogP) is 2.10. The van der Waals surface area contributed by atoms with Crippen molar-refractivity contribution in [3.8, 4) is 0 Å². The molecule has 100 valence electrons. The highest BCUT2D eigenvalue weighted by molar-refractivity contribution is 8.23. The number of carbonyl (C=O) groups is 2. The molecule has 1 saturated heterocycles. The summed E-state index contributed by atoms with van der Waals surface area (Å²) in [5.41, 5.74) is 2.91. The van der Waals surface area contributed by atoms with Crippen molar-refractivity contribution in [2.75, 3.05) is 17.6 Å². The van der Waals surface area contributed by atoms with Crippen LogP contribution in [-0.2, 0) is 9.59 Å². The molecule has 0 aromatic heterocycles. The van der Waals surface area contributed by atoms with E-state index in [0.717, 1.165) is 16.8 Å². The number of aryl methyl sites for hydroxylation is 2. The summed E-state index contributed by atoms with van der Waals surface area (Å²) in [6, 6.07) is 5.82. The minimum absolute atomic E-state index is 0.0162. The Labute approximate surface area is 121 Å². The fraction of sp³-hybridized carbons (Fsp3) is 0.308. The van der Waals surface area contributed by atoms with Crippen LogP contribution in [0.4, 0.5) is 5.69 Å². The van der Waals surface area contributed by atoms with Gasteiger partial charge in [0.05, 0.1) is 5.75 Å². The van der Waals surface area contributed by atoms with Gasteiger partial charge in [-0.3, -0.25) is 14.5 Å². The van der Waals surface area contributed by atoms with Gasteiger partial charge in [-0.25, -0.2) is 0 Å². The van der Waals surface area contributed by atoms with Gasteiger partial charge in [0.2, 0.25) is 11.8 Å². The average molecular weight is 294 g/mol. The van der Waals surface area contributed by atoms with Crippen molar-refractivity contribution in [2.24, 2.45) is 0 Å². The number of nitrogens with one attached hydrogen (secondary N) is 1.